The zero-order valence-electron chi connectivity index (χ0n) is 19.4. The predicted molar refractivity (Wildman–Crippen MR) is 123 cm³/mol. The summed E-state index contributed by atoms with van der Waals surface area (Å²) in [7, 11) is 0. The van der Waals surface area contributed by atoms with Gasteiger partial charge in [0.1, 0.15) is 12.1 Å². The molecule has 186 valence electrons. The van der Waals surface area contributed by atoms with E-state index in [2.05, 4.69) is 20.6 Å². The zero-order chi connectivity index (χ0) is 25.8. The second-order valence-corrected chi connectivity index (χ2v) is 9.00. The highest BCUT2D eigenvalue weighted by Crippen LogP contribution is 2.37. The molecule has 0 saturated heterocycles. The summed E-state index contributed by atoms with van der Waals surface area (Å²) < 4.78 is 39.7. The molecular weight excluding hydrogens is 463 g/mol. The summed E-state index contributed by atoms with van der Waals surface area (Å²) in [6, 6.07) is 9.93. The van der Waals surface area contributed by atoms with Crippen molar-refractivity contribution < 1.29 is 27.9 Å². The zero-order valence-corrected chi connectivity index (χ0v) is 19.4. The van der Waals surface area contributed by atoms with Gasteiger partial charge in [-0.3, -0.25) is 14.2 Å². The van der Waals surface area contributed by atoms with Crippen LogP contribution in [0.3, 0.4) is 0 Å². The molecule has 0 bridgehead atoms. The lowest BCUT2D eigenvalue weighted by Crippen LogP contribution is -2.31. The molecule has 0 saturated carbocycles. The minimum absolute atomic E-state index is 0.00575. The summed E-state index contributed by atoms with van der Waals surface area (Å²) in [4.78, 5) is 31.2. The summed E-state index contributed by atoms with van der Waals surface area (Å²) >= 11 is 0. The normalized spacial score (nSPS) is 12.7. The molecule has 3 aromatic rings. The number of hydrogen-bond donors (Lipinski definition) is 3. The van der Waals surface area contributed by atoms with Crippen LogP contribution in [0.15, 0.2) is 55.1 Å². The predicted octanol–water partition coefficient (Wildman–Crippen LogP) is 4.69. The Balaban J connectivity index is 1.84. The number of nitrogens with one attached hydrogen (secondary N) is 2. The summed E-state index contributed by atoms with van der Waals surface area (Å²) in [5.41, 5.74) is 0.356. The minimum Gasteiger partial charge on any atom is -0.481 e. The van der Waals surface area contributed by atoms with Crippen LogP contribution in [0.25, 0.3) is 5.82 Å². The van der Waals surface area contributed by atoms with Crippen molar-refractivity contribution in [1.82, 2.24) is 19.9 Å². The Bertz CT molecular complexity index is 1180. The molecule has 3 N–H and O–H groups in total. The van der Waals surface area contributed by atoms with Gasteiger partial charge in [-0.25, -0.2) is 9.97 Å². The van der Waals surface area contributed by atoms with E-state index in [-0.39, 0.29) is 36.1 Å². The van der Waals surface area contributed by atoms with E-state index in [0.717, 1.165) is 12.5 Å². The van der Waals surface area contributed by atoms with Gasteiger partial charge in [-0.2, -0.15) is 13.2 Å². The number of carbonyl (C=O) groups is 2. The second-order valence-electron chi connectivity index (χ2n) is 9.00. The first-order valence-electron chi connectivity index (χ1n) is 10.8. The lowest BCUT2D eigenvalue weighted by molar-refractivity contribution is -0.141. The summed E-state index contributed by atoms with van der Waals surface area (Å²) in [6.45, 7) is 5.99. The standard InChI is InChI=1S/C24H26F3N5O3/c1-23(2,3)21(16-6-4-5-7-17(16)22(35)28-11-10-20(33)34)31-15-8-9-19(29-12-15)32-13-18(30-14-32)24(25,26)27/h4-9,12-14,21,31H,10-11H2,1-3H3,(H,28,35)(H,33,34). The minimum atomic E-state index is -4.54. The molecule has 2 heterocycles. The molecule has 3 rings (SSSR count). The van der Waals surface area contributed by atoms with Gasteiger partial charge in [0.15, 0.2) is 5.69 Å². The molecule has 0 aliphatic carbocycles. The van der Waals surface area contributed by atoms with Gasteiger partial charge in [0, 0.05) is 18.3 Å². The maximum Gasteiger partial charge on any atom is 0.434 e. The molecule has 8 nitrogen and oxygen atoms in total. The number of aromatic nitrogens is 3. The highest BCUT2D eigenvalue weighted by atomic mass is 19.4. The van der Waals surface area contributed by atoms with Crippen molar-refractivity contribution >= 4 is 17.6 Å². The Labute approximate surface area is 200 Å². The van der Waals surface area contributed by atoms with Crippen molar-refractivity contribution in [3.05, 3.63) is 71.9 Å². The van der Waals surface area contributed by atoms with Crippen LogP contribution in [0, 0.1) is 5.41 Å². The van der Waals surface area contributed by atoms with Gasteiger partial charge in [0.2, 0.25) is 0 Å². The monoisotopic (exact) mass is 489 g/mol. The van der Waals surface area contributed by atoms with Crippen LogP contribution in [0.5, 0.6) is 0 Å². The van der Waals surface area contributed by atoms with Gasteiger partial charge in [0.25, 0.3) is 5.91 Å². The topological polar surface area (TPSA) is 109 Å². The third kappa shape index (κ3) is 6.58. The number of carboxylic acid groups (broad SMARTS) is 1. The summed E-state index contributed by atoms with van der Waals surface area (Å²) in [6.07, 6.45) is -1.31. The Hall–Kier alpha value is -3.89. The largest absolute Gasteiger partial charge is 0.481 e. The van der Waals surface area contributed by atoms with Crippen LogP contribution in [0.2, 0.25) is 0 Å². The van der Waals surface area contributed by atoms with E-state index in [9.17, 15) is 22.8 Å². The quantitative estimate of drug-likeness (QED) is 0.424. The van der Waals surface area contributed by atoms with Gasteiger partial charge < -0.3 is 15.7 Å². The number of pyridine rings is 1. The van der Waals surface area contributed by atoms with E-state index < -0.39 is 17.8 Å². The summed E-state index contributed by atoms with van der Waals surface area (Å²) in [5, 5.41) is 14.8. The third-order valence-electron chi connectivity index (χ3n) is 5.20. The third-order valence-corrected chi connectivity index (χ3v) is 5.20. The molecule has 35 heavy (non-hydrogen) atoms. The van der Waals surface area contributed by atoms with E-state index >= 15 is 0 Å². The Morgan fingerprint density at radius 1 is 1.09 bits per heavy atom. The molecule has 0 aliphatic rings. The number of nitrogens with zero attached hydrogens (tertiary/aromatic N) is 3. The number of imidazole rings is 1. The van der Waals surface area contributed by atoms with Crippen LogP contribution in [-0.4, -0.2) is 38.1 Å². The number of hydrogen-bond acceptors (Lipinski definition) is 5. The van der Waals surface area contributed by atoms with Crippen molar-refractivity contribution in [2.45, 2.75) is 39.4 Å². The average Bonchev–Trinajstić information content (AvgIpc) is 3.28. The number of halogens is 3. The molecule has 1 unspecified atom stereocenters. The lowest BCUT2D eigenvalue weighted by Gasteiger charge is -2.34. The number of carbonyl (C=O) groups excluding carboxylic acids is 1. The molecule has 1 atom stereocenters. The Kier molecular flexibility index (Phi) is 7.47. The van der Waals surface area contributed by atoms with Crippen molar-refractivity contribution in [1.29, 1.82) is 0 Å². The van der Waals surface area contributed by atoms with Gasteiger partial charge in [-0.15, -0.1) is 0 Å². The first kappa shape index (κ1) is 25.7. The van der Waals surface area contributed by atoms with Crippen molar-refractivity contribution in [3.63, 3.8) is 0 Å². The van der Waals surface area contributed by atoms with Crippen LogP contribution < -0.4 is 10.6 Å². The highest BCUT2D eigenvalue weighted by Gasteiger charge is 2.34. The van der Waals surface area contributed by atoms with E-state index in [1.54, 1.807) is 24.3 Å². The molecule has 0 fully saturated rings. The van der Waals surface area contributed by atoms with E-state index in [4.69, 9.17) is 5.11 Å². The fraction of sp³-hybridized carbons (Fsp3) is 0.333. The number of aliphatic carboxylic acids is 1. The number of anilines is 1. The van der Waals surface area contributed by atoms with Crippen molar-refractivity contribution in [3.8, 4) is 5.82 Å². The number of benzene rings is 1. The fourth-order valence-electron chi connectivity index (χ4n) is 3.48. The lowest BCUT2D eigenvalue weighted by atomic mass is 9.80. The second kappa shape index (κ2) is 10.2. The van der Waals surface area contributed by atoms with E-state index in [1.165, 1.54) is 10.8 Å². The summed E-state index contributed by atoms with van der Waals surface area (Å²) in [5.74, 6) is -1.12. The first-order valence-corrected chi connectivity index (χ1v) is 10.8. The SMILES string of the molecule is CC(C)(C)C(Nc1ccc(-n2cnc(C(F)(F)F)c2)nc1)c1ccccc1C(=O)NCCC(=O)O. The van der Waals surface area contributed by atoms with Crippen molar-refractivity contribution in [2.24, 2.45) is 5.41 Å². The van der Waals surface area contributed by atoms with E-state index in [1.807, 2.05) is 32.9 Å². The van der Waals surface area contributed by atoms with Crippen LogP contribution in [0.4, 0.5) is 18.9 Å². The average molecular weight is 489 g/mol. The molecular formula is C24H26F3N5O3. The number of carboxylic acids is 1. The Morgan fingerprint density at radius 2 is 1.80 bits per heavy atom. The molecule has 1 aromatic carbocycles. The molecule has 0 spiro atoms. The van der Waals surface area contributed by atoms with Crippen molar-refractivity contribution in [2.75, 3.05) is 11.9 Å². The van der Waals surface area contributed by atoms with Gasteiger partial charge in [-0.05, 0) is 29.2 Å². The fourth-order valence-corrected chi connectivity index (χ4v) is 3.48. The molecule has 0 radical (unpaired) electrons. The van der Waals surface area contributed by atoms with Gasteiger partial charge in [0.05, 0.1) is 24.3 Å². The van der Waals surface area contributed by atoms with Crippen LogP contribution in [0.1, 0.15) is 54.8 Å². The number of rotatable bonds is 8. The highest BCUT2D eigenvalue weighted by molar-refractivity contribution is 5.96. The van der Waals surface area contributed by atoms with E-state index in [0.29, 0.717) is 16.8 Å². The van der Waals surface area contributed by atoms with Crippen LogP contribution in [-0.2, 0) is 11.0 Å². The first-order chi connectivity index (χ1) is 16.4. The number of amides is 1. The molecule has 11 heteroatoms. The molecule has 2 aromatic heterocycles. The number of alkyl halides is 3. The van der Waals surface area contributed by atoms with Gasteiger partial charge >= 0.3 is 12.1 Å². The Morgan fingerprint density at radius 3 is 2.37 bits per heavy atom. The molecule has 0 aliphatic heterocycles. The maximum atomic E-state index is 12.8. The van der Waals surface area contributed by atoms with Gasteiger partial charge in [-0.1, -0.05) is 39.0 Å². The van der Waals surface area contributed by atoms with Crippen LogP contribution >= 0.6 is 0 Å². The maximum absolute atomic E-state index is 12.8. The molecule has 1 amide bonds. The smallest absolute Gasteiger partial charge is 0.434 e.